The second-order valence-corrected chi connectivity index (χ2v) is 3.01. The summed E-state index contributed by atoms with van der Waals surface area (Å²) in [7, 11) is 1.73. The third-order valence-electron chi connectivity index (χ3n) is 2.15. The molecule has 0 fully saturated rings. The summed E-state index contributed by atoms with van der Waals surface area (Å²) in [6.07, 6.45) is 2.46. The van der Waals surface area contributed by atoms with Gasteiger partial charge in [-0.3, -0.25) is 4.79 Å². The summed E-state index contributed by atoms with van der Waals surface area (Å²) in [4.78, 5) is 15.7. The molecule has 0 aliphatic carbocycles. The van der Waals surface area contributed by atoms with E-state index in [4.69, 9.17) is 0 Å². The van der Waals surface area contributed by atoms with Gasteiger partial charge in [0.1, 0.15) is 0 Å². The topological polar surface area (TPSA) is 46.9 Å². The Balaban J connectivity index is 2.62. The summed E-state index contributed by atoms with van der Waals surface area (Å²) in [5, 5.41) is 3.16. The van der Waals surface area contributed by atoms with Crippen LogP contribution in [0.3, 0.4) is 0 Å². The number of fused-ring (bicyclic) bond motifs is 1. The maximum atomic E-state index is 11.5. The highest BCUT2D eigenvalue weighted by atomic mass is 16.1. The van der Waals surface area contributed by atoms with E-state index >= 15 is 0 Å². The van der Waals surface area contributed by atoms with E-state index in [1.165, 1.54) is 4.57 Å². The van der Waals surface area contributed by atoms with Crippen molar-refractivity contribution in [1.82, 2.24) is 14.9 Å². The maximum absolute atomic E-state index is 11.5. The van der Waals surface area contributed by atoms with Crippen LogP contribution in [0.4, 0.5) is 0 Å². The first-order chi connectivity index (χ1) is 5.79. The molecule has 0 atom stereocenters. The zero-order valence-corrected chi connectivity index (χ0v) is 7.00. The molecule has 12 heavy (non-hydrogen) atoms. The van der Waals surface area contributed by atoms with Crippen molar-refractivity contribution in [3.63, 3.8) is 0 Å². The van der Waals surface area contributed by atoms with Crippen molar-refractivity contribution >= 4 is 0 Å². The average Bonchev–Trinajstić information content (AvgIpc) is 2.12. The predicted molar refractivity (Wildman–Crippen MR) is 44.9 cm³/mol. The second-order valence-electron chi connectivity index (χ2n) is 3.01. The van der Waals surface area contributed by atoms with Crippen LogP contribution in [-0.4, -0.2) is 16.1 Å². The first-order valence-corrected chi connectivity index (χ1v) is 4.03. The van der Waals surface area contributed by atoms with Crippen LogP contribution in [0.25, 0.3) is 0 Å². The van der Waals surface area contributed by atoms with Crippen LogP contribution in [-0.2, 0) is 20.0 Å². The fourth-order valence-electron chi connectivity index (χ4n) is 1.44. The van der Waals surface area contributed by atoms with E-state index in [-0.39, 0.29) is 5.56 Å². The normalized spacial score (nSPS) is 15.8. The lowest BCUT2D eigenvalue weighted by Crippen LogP contribution is -2.33. The number of hydrogen-bond donors (Lipinski definition) is 1. The van der Waals surface area contributed by atoms with Crippen molar-refractivity contribution in [3.8, 4) is 0 Å². The predicted octanol–water partition coefficient (Wildman–Crippen LogP) is -0.574. The third-order valence-corrected chi connectivity index (χ3v) is 2.15. The number of nitrogens with one attached hydrogen (secondary N) is 1. The van der Waals surface area contributed by atoms with Gasteiger partial charge in [-0.1, -0.05) is 0 Å². The fourth-order valence-corrected chi connectivity index (χ4v) is 1.44. The number of rotatable bonds is 0. The van der Waals surface area contributed by atoms with Gasteiger partial charge in [0.05, 0.1) is 17.6 Å². The highest BCUT2D eigenvalue weighted by Gasteiger charge is 2.13. The molecule has 1 aromatic heterocycles. The van der Waals surface area contributed by atoms with Gasteiger partial charge in [-0.05, 0) is 0 Å². The summed E-state index contributed by atoms with van der Waals surface area (Å²) in [6.45, 7) is 1.59. The van der Waals surface area contributed by atoms with E-state index in [0.717, 1.165) is 24.2 Å². The van der Waals surface area contributed by atoms with E-state index < -0.39 is 0 Å². The van der Waals surface area contributed by atoms with Gasteiger partial charge in [-0.25, -0.2) is 4.98 Å². The Hall–Kier alpha value is -1.16. The molecule has 2 heterocycles. The number of aromatic nitrogens is 2. The minimum Gasteiger partial charge on any atom is -0.312 e. The highest BCUT2D eigenvalue weighted by Crippen LogP contribution is 2.04. The molecule has 4 nitrogen and oxygen atoms in total. The quantitative estimate of drug-likeness (QED) is 0.560. The SMILES string of the molecule is Cn1cnc2c(c1=O)CNCC2. The lowest BCUT2D eigenvalue weighted by molar-refractivity contribution is 0.606. The van der Waals surface area contributed by atoms with Crippen LogP contribution < -0.4 is 10.9 Å². The van der Waals surface area contributed by atoms with Crippen LogP contribution in [0.1, 0.15) is 11.3 Å². The van der Waals surface area contributed by atoms with Crippen LogP contribution in [0.2, 0.25) is 0 Å². The monoisotopic (exact) mass is 165 g/mol. The second kappa shape index (κ2) is 2.71. The summed E-state index contributed by atoms with van der Waals surface area (Å²) in [5.41, 5.74) is 1.86. The first kappa shape index (κ1) is 7.49. The molecule has 1 aliphatic heterocycles. The lowest BCUT2D eigenvalue weighted by Gasteiger charge is -2.15. The van der Waals surface area contributed by atoms with Crippen molar-refractivity contribution in [2.24, 2.45) is 7.05 Å². The van der Waals surface area contributed by atoms with Crippen LogP contribution in [0.5, 0.6) is 0 Å². The standard InChI is InChI=1S/C8H11N3O/c1-11-5-10-7-2-3-9-4-6(7)8(11)12/h5,9H,2-4H2,1H3. The van der Waals surface area contributed by atoms with Crippen LogP contribution >= 0.6 is 0 Å². The minimum absolute atomic E-state index is 0.0761. The first-order valence-electron chi connectivity index (χ1n) is 4.03. The molecule has 0 amide bonds. The summed E-state index contributed by atoms with van der Waals surface area (Å²) in [6, 6.07) is 0. The van der Waals surface area contributed by atoms with E-state index in [1.54, 1.807) is 13.4 Å². The molecule has 0 spiro atoms. The van der Waals surface area contributed by atoms with Crippen molar-refractivity contribution < 1.29 is 0 Å². The van der Waals surface area contributed by atoms with Crippen LogP contribution in [0.15, 0.2) is 11.1 Å². The lowest BCUT2D eigenvalue weighted by atomic mass is 10.1. The molecule has 1 aromatic rings. The van der Waals surface area contributed by atoms with Crippen molar-refractivity contribution in [1.29, 1.82) is 0 Å². The Kier molecular flexibility index (Phi) is 1.69. The Morgan fingerprint density at radius 2 is 2.50 bits per heavy atom. The molecule has 0 aromatic carbocycles. The molecule has 4 heteroatoms. The minimum atomic E-state index is 0.0761. The maximum Gasteiger partial charge on any atom is 0.257 e. The Morgan fingerprint density at radius 3 is 3.33 bits per heavy atom. The van der Waals surface area contributed by atoms with Gasteiger partial charge in [0.25, 0.3) is 5.56 Å². The van der Waals surface area contributed by atoms with Gasteiger partial charge in [0, 0.05) is 26.6 Å². The number of hydrogen-bond acceptors (Lipinski definition) is 3. The highest BCUT2D eigenvalue weighted by molar-refractivity contribution is 5.19. The van der Waals surface area contributed by atoms with Gasteiger partial charge >= 0.3 is 0 Å². The fraction of sp³-hybridized carbons (Fsp3) is 0.500. The van der Waals surface area contributed by atoms with Gasteiger partial charge in [0.2, 0.25) is 0 Å². The van der Waals surface area contributed by atoms with E-state index in [0.29, 0.717) is 6.54 Å². The largest absolute Gasteiger partial charge is 0.312 e. The smallest absolute Gasteiger partial charge is 0.257 e. The van der Waals surface area contributed by atoms with Crippen LogP contribution in [0, 0.1) is 0 Å². The molecule has 1 aliphatic rings. The molecule has 0 saturated heterocycles. The third kappa shape index (κ3) is 1.04. The molecule has 0 unspecified atom stereocenters. The Bertz CT molecular complexity index is 356. The molecule has 2 rings (SSSR count). The van der Waals surface area contributed by atoms with Gasteiger partial charge in [-0.2, -0.15) is 0 Å². The summed E-state index contributed by atoms with van der Waals surface area (Å²) >= 11 is 0. The number of nitrogens with zero attached hydrogens (tertiary/aromatic N) is 2. The van der Waals surface area contributed by atoms with Gasteiger partial charge in [-0.15, -0.1) is 0 Å². The molecule has 0 bridgehead atoms. The number of aryl methyl sites for hydroxylation is 1. The van der Waals surface area contributed by atoms with Crippen molar-refractivity contribution in [2.45, 2.75) is 13.0 Å². The summed E-state index contributed by atoms with van der Waals surface area (Å²) < 4.78 is 1.52. The van der Waals surface area contributed by atoms with E-state index in [1.807, 2.05) is 0 Å². The Labute approximate surface area is 70.2 Å². The molecule has 1 N–H and O–H groups in total. The molecular formula is C8H11N3O. The van der Waals surface area contributed by atoms with Gasteiger partial charge < -0.3 is 9.88 Å². The molecular weight excluding hydrogens is 154 g/mol. The zero-order chi connectivity index (χ0) is 8.55. The molecule has 0 radical (unpaired) electrons. The van der Waals surface area contributed by atoms with E-state index in [2.05, 4.69) is 10.3 Å². The summed E-state index contributed by atoms with van der Waals surface area (Å²) in [5.74, 6) is 0. The average molecular weight is 165 g/mol. The zero-order valence-electron chi connectivity index (χ0n) is 7.00. The van der Waals surface area contributed by atoms with Gasteiger partial charge in [0.15, 0.2) is 0 Å². The van der Waals surface area contributed by atoms with Crippen molar-refractivity contribution in [2.75, 3.05) is 6.54 Å². The molecule has 0 saturated carbocycles. The Morgan fingerprint density at radius 1 is 1.67 bits per heavy atom. The molecule has 64 valence electrons. The van der Waals surface area contributed by atoms with E-state index in [9.17, 15) is 4.79 Å². The van der Waals surface area contributed by atoms with Crippen molar-refractivity contribution in [3.05, 3.63) is 27.9 Å².